The zero-order valence-electron chi connectivity index (χ0n) is 8.12. The van der Waals surface area contributed by atoms with E-state index in [4.69, 9.17) is 4.74 Å². The molecule has 1 fully saturated rings. The molecule has 1 nitrogen and oxygen atoms in total. The number of hydrogen-bond donors (Lipinski definition) is 0. The van der Waals surface area contributed by atoms with Gasteiger partial charge in [-0.1, -0.05) is 48.0 Å². The summed E-state index contributed by atoms with van der Waals surface area (Å²) in [4.78, 5) is 0. The Hall–Kier alpha value is -0.603. The lowest BCUT2D eigenvalue weighted by molar-refractivity contribution is 0.185. The van der Waals surface area contributed by atoms with Crippen LogP contribution < -0.4 is 5.19 Å². The van der Waals surface area contributed by atoms with Gasteiger partial charge in [0, 0.05) is 7.11 Å². The molecule has 70 valence electrons. The SMILES string of the molecule is COCc1ccccc1[SiH]1CCC1. The van der Waals surface area contributed by atoms with Crippen molar-refractivity contribution >= 4 is 14.0 Å². The van der Waals surface area contributed by atoms with Gasteiger partial charge in [0.2, 0.25) is 0 Å². The summed E-state index contributed by atoms with van der Waals surface area (Å²) in [6.07, 6.45) is 1.46. The first-order valence-corrected chi connectivity index (χ1v) is 7.19. The lowest BCUT2D eigenvalue weighted by Crippen LogP contribution is -2.38. The van der Waals surface area contributed by atoms with E-state index in [1.165, 1.54) is 24.1 Å². The minimum atomic E-state index is -0.510. The summed E-state index contributed by atoms with van der Waals surface area (Å²) in [5.41, 5.74) is 1.43. The Balaban J connectivity index is 2.20. The topological polar surface area (TPSA) is 9.23 Å². The van der Waals surface area contributed by atoms with Crippen molar-refractivity contribution < 1.29 is 4.74 Å². The maximum Gasteiger partial charge on any atom is 0.0712 e. The predicted octanol–water partition coefficient (Wildman–Crippen LogP) is 1.67. The van der Waals surface area contributed by atoms with Crippen molar-refractivity contribution in [2.24, 2.45) is 0 Å². The fourth-order valence-corrected chi connectivity index (χ4v) is 4.46. The third-order valence-corrected chi connectivity index (χ3v) is 6.55. The molecular weight excluding hydrogens is 176 g/mol. The summed E-state index contributed by atoms with van der Waals surface area (Å²) in [5.74, 6) is 0. The molecule has 0 saturated carbocycles. The van der Waals surface area contributed by atoms with Crippen LogP contribution in [0.4, 0.5) is 0 Å². The van der Waals surface area contributed by atoms with E-state index in [0.717, 1.165) is 6.61 Å². The van der Waals surface area contributed by atoms with Crippen molar-refractivity contribution in [2.75, 3.05) is 7.11 Å². The molecule has 1 aromatic rings. The Bertz CT molecular complexity index is 281. The molecule has 1 aromatic carbocycles. The van der Waals surface area contributed by atoms with E-state index in [0.29, 0.717) is 0 Å². The Morgan fingerprint density at radius 2 is 2.08 bits per heavy atom. The van der Waals surface area contributed by atoms with Gasteiger partial charge in [-0.15, -0.1) is 0 Å². The van der Waals surface area contributed by atoms with Crippen LogP contribution in [0.1, 0.15) is 12.0 Å². The molecule has 0 bridgehead atoms. The van der Waals surface area contributed by atoms with Gasteiger partial charge in [-0.2, -0.15) is 0 Å². The molecule has 0 aromatic heterocycles. The number of hydrogen-bond acceptors (Lipinski definition) is 1. The molecule has 0 spiro atoms. The standard InChI is InChI=1S/C11H16OSi/c1-12-9-10-5-2-3-6-11(10)13-7-4-8-13/h2-3,5-6,13H,4,7-9H2,1H3. The molecule has 1 saturated heterocycles. The van der Waals surface area contributed by atoms with E-state index in [1.54, 1.807) is 12.3 Å². The van der Waals surface area contributed by atoms with E-state index in [-0.39, 0.29) is 0 Å². The molecule has 0 radical (unpaired) electrons. The lowest BCUT2D eigenvalue weighted by Gasteiger charge is -2.26. The van der Waals surface area contributed by atoms with E-state index in [2.05, 4.69) is 24.3 Å². The highest BCUT2D eigenvalue weighted by atomic mass is 28.3. The summed E-state index contributed by atoms with van der Waals surface area (Å²) in [5, 5.41) is 1.65. The monoisotopic (exact) mass is 192 g/mol. The second-order valence-electron chi connectivity index (χ2n) is 3.76. The fraction of sp³-hybridized carbons (Fsp3) is 0.455. The highest BCUT2D eigenvalue weighted by Crippen LogP contribution is 2.21. The van der Waals surface area contributed by atoms with E-state index in [9.17, 15) is 0 Å². The average Bonchev–Trinajstić information content (AvgIpc) is 2.05. The first-order valence-electron chi connectivity index (χ1n) is 4.98. The van der Waals surface area contributed by atoms with Gasteiger partial charge in [-0.05, 0) is 5.56 Å². The van der Waals surface area contributed by atoms with E-state index >= 15 is 0 Å². The number of benzene rings is 1. The van der Waals surface area contributed by atoms with Gasteiger partial charge in [0.05, 0.1) is 15.4 Å². The molecule has 0 N–H and O–H groups in total. The quantitative estimate of drug-likeness (QED) is 0.662. The van der Waals surface area contributed by atoms with Gasteiger partial charge in [-0.25, -0.2) is 0 Å². The molecule has 1 heterocycles. The number of rotatable bonds is 3. The van der Waals surface area contributed by atoms with Crippen molar-refractivity contribution in [1.82, 2.24) is 0 Å². The van der Waals surface area contributed by atoms with Crippen LogP contribution in [-0.2, 0) is 11.3 Å². The van der Waals surface area contributed by atoms with Crippen molar-refractivity contribution in [3.8, 4) is 0 Å². The maximum atomic E-state index is 5.21. The summed E-state index contributed by atoms with van der Waals surface area (Å²) in [7, 11) is 1.27. The molecule has 1 aliphatic heterocycles. The van der Waals surface area contributed by atoms with Gasteiger partial charge in [0.15, 0.2) is 0 Å². The van der Waals surface area contributed by atoms with Crippen LogP contribution in [0.3, 0.4) is 0 Å². The average molecular weight is 192 g/mol. The van der Waals surface area contributed by atoms with E-state index in [1.807, 2.05) is 0 Å². The fourth-order valence-electron chi connectivity index (χ4n) is 1.94. The Labute approximate surface area is 81.3 Å². The normalized spacial score (nSPS) is 17.0. The maximum absolute atomic E-state index is 5.21. The molecule has 0 unspecified atom stereocenters. The van der Waals surface area contributed by atoms with Crippen LogP contribution in [-0.4, -0.2) is 15.9 Å². The molecule has 2 heteroatoms. The molecule has 0 amide bonds. The van der Waals surface area contributed by atoms with Gasteiger partial charge in [0.1, 0.15) is 0 Å². The zero-order chi connectivity index (χ0) is 9.10. The van der Waals surface area contributed by atoms with Gasteiger partial charge in [-0.3, -0.25) is 0 Å². The van der Waals surface area contributed by atoms with Gasteiger partial charge in [0.25, 0.3) is 0 Å². The summed E-state index contributed by atoms with van der Waals surface area (Å²) >= 11 is 0. The zero-order valence-corrected chi connectivity index (χ0v) is 9.28. The first kappa shape index (κ1) is 8.97. The van der Waals surface area contributed by atoms with Gasteiger partial charge < -0.3 is 4.74 Å². The highest BCUT2D eigenvalue weighted by Gasteiger charge is 2.23. The highest BCUT2D eigenvalue weighted by molar-refractivity contribution is 6.75. The number of methoxy groups -OCH3 is 1. The molecule has 1 aliphatic rings. The second-order valence-corrected chi connectivity index (χ2v) is 6.93. The molecule has 0 atom stereocenters. The smallest absolute Gasteiger partial charge is 0.0712 e. The lowest BCUT2D eigenvalue weighted by atomic mass is 10.2. The summed E-state index contributed by atoms with van der Waals surface area (Å²) in [6, 6.07) is 11.8. The van der Waals surface area contributed by atoms with Crippen LogP contribution in [0.2, 0.25) is 12.1 Å². The Morgan fingerprint density at radius 3 is 2.69 bits per heavy atom. The van der Waals surface area contributed by atoms with Crippen molar-refractivity contribution in [1.29, 1.82) is 0 Å². The van der Waals surface area contributed by atoms with Crippen LogP contribution in [0.5, 0.6) is 0 Å². The minimum absolute atomic E-state index is 0.510. The van der Waals surface area contributed by atoms with Crippen LogP contribution >= 0.6 is 0 Å². The third kappa shape index (κ3) is 1.84. The van der Waals surface area contributed by atoms with Crippen molar-refractivity contribution in [2.45, 2.75) is 25.1 Å². The largest absolute Gasteiger partial charge is 0.380 e. The predicted molar refractivity (Wildman–Crippen MR) is 58.2 cm³/mol. The first-order chi connectivity index (χ1) is 6.42. The molecular formula is C11H16OSi. The molecule has 2 rings (SSSR count). The van der Waals surface area contributed by atoms with Crippen molar-refractivity contribution in [3.05, 3.63) is 29.8 Å². The molecule has 0 aliphatic carbocycles. The van der Waals surface area contributed by atoms with Crippen molar-refractivity contribution in [3.63, 3.8) is 0 Å². The Kier molecular flexibility index (Phi) is 2.81. The molecule has 13 heavy (non-hydrogen) atoms. The van der Waals surface area contributed by atoms with E-state index < -0.39 is 8.80 Å². The summed E-state index contributed by atoms with van der Waals surface area (Å²) < 4.78 is 5.21. The van der Waals surface area contributed by atoms with Gasteiger partial charge >= 0.3 is 0 Å². The second kappa shape index (κ2) is 4.07. The summed E-state index contributed by atoms with van der Waals surface area (Å²) in [6.45, 7) is 0.791. The Morgan fingerprint density at radius 1 is 1.31 bits per heavy atom. The van der Waals surface area contributed by atoms with Crippen LogP contribution in [0, 0.1) is 0 Å². The van der Waals surface area contributed by atoms with Crippen LogP contribution in [0.25, 0.3) is 0 Å². The third-order valence-electron chi connectivity index (χ3n) is 2.90. The minimum Gasteiger partial charge on any atom is -0.380 e. The number of ether oxygens (including phenoxy) is 1. The van der Waals surface area contributed by atoms with Crippen LogP contribution in [0.15, 0.2) is 24.3 Å².